The quantitative estimate of drug-likeness (QED) is 0.662. The van der Waals surface area contributed by atoms with Crippen LogP contribution in [0.4, 0.5) is 0 Å². The van der Waals surface area contributed by atoms with Crippen LogP contribution in [0.5, 0.6) is 0 Å². The molecule has 0 aliphatic heterocycles. The van der Waals surface area contributed by atoms with Gasteiger partial charge in [0.05, 0.1) is 18.0 Å². The SMILES string of the molecule is CO[C@@H](C)c1ncc(C#Cc2cnc3ncccn23)cc1Br. The summed E-state index contributed by atoms with van der Waals surface area (Å²) in [6.07, 6.45) is 6.97. The van der Waals surface area contributed by atoms with Crippen LogP contribution in [-0.2, 0) is 4.74 Å². The number of hydrogen-bond acceptors (Lipinski definition) is 4. The molecular formula is C16H13BrN4O. The third kappa shape index (κ3) is 2.86. The Labute approximate surface area is 136 Å². The van der Waals surface area contributed by atoms with E-state index in [0.29, 0.717) is 5.78 Å². The lowest BCUT2D eigenvalue weighted by Gasteiger charge is -2.10. The molecule has 110 valence electrons. The summed E-state index contributed by atoms with van der Waals surface area (Å²) in [7, 11) is 1.66. The van der Waals surface area contributed by atoms with Crippen LogP contribution in [0, 0.1) is 11.8 Å². The molecule has 3 aromatic rings. The van der Waals surface area contributed by atoms with Crippen molar-refractivity contribution in [1.82, 2.24) is 19.4 Å². The zero-order valence-electron chi connectivity index (χ0n) is 12.1. The molecule has 0 aromatic carbocycles. The monoisotopic (exact) mass is 356 g/mol. The summed E-state index contributed by atoms with van der Waals surface area (Å²) in [5.41, 5.74) is 2.46. The molecule has 0 bridgehead atoms. The highest BCUT2D eigenvalue weighted by Crippen LogP contribution is 2.23. The smallest absolute Gasteiger partial charge is 0.234 e. The van der Waals surface area contributed by atoms with Gasteiger partial charge in [-0.1, -0.05) is 5.92 Å². The van der Waals surface area contributed by atoms with Crippen molar-refractivity contribution in [1.29, 1.82) is 0 Å². The van der Waals surface area contributed by atoms with Crippen LogP contribution in [0.25, 0.3) is 5.78 Å². The Bertz CT molecular complexity index is 878. The number of pyridine rings is 1. The number of hydrogen-bond donors (Lipinski definition) is 0. The molecule has 3 rings (SSSR count). The normalized spacial score (nSPS) is 12.0. The number of rotatable bonds is 2. The summed E-state index contributed by atoms with van der Waals surface area (Å²) < 4.78 is 8.00. The third-order valence-corrected chi connectivity index (χ3v) is 3.87. The Hall–Kier alpha value is -2.23. The van der Waals surface area contributed by atoms with Gasteiger partial charge in [0.2, 0.25) is 5.78 Å². The molecule has 0 saturated carbocycles. The molecule has 5 nitrogen and oxygen atoms in total. The van der Waals surface area contributed by atoms with Gasteiger partial charge in [-0.25, -0.2) is 9.97 Å². The number of ether oxygens (including phenoxy) is 1. The zero-order valence-corrected chi connectivity index (χ0v) is 13.7. The number of imidazole rings is 1. The van der Waals surface area contributed by atoms with E-state index in [2.05, 4.69) is 42.7 Å². The Morgan fingerprint density at radius 3 is 2.86 bits per heavy atom. The fourth-order valence-electron chi connectivity index (χ4n) is 1.98. The van der Waals surface area contributed by atoms with Gasteiger partial charge in [-0.15, -0.1) is 0 Å². The topological polar surface area (TPSA) is 52.3 Å². The summed E-state index contributed by atoms with van der Waals surface area (Å²) in [5, 5.41) is 0. The second kappa shape index (κ2) is 6.26. The standard InChI is InChI=1S/C16H13BrN4O/c1-11(22-2)15-14(17)8-12(9-19-15)4-5-13-10-20-16-18-6-3-7-21(13)16/h3,6-11H,1-2H3/t11-/m0/s1. The van der Waals surface area contributed by atoms with Crippen LogP contribution in [0.3, 0.4) is 0 Å². The molecule has 3 heterocycles. The van der Waals surface area contributed by atoms with Crippen molar-refractivity contribution in [2.24, 2.45) is 0 Å². The van der Waals surface area contributed by atoms with E-state index < -0.39 is 0 Å². The predicted octanol–water partition coefficient (Wildman–Crippen LogP) is 2.99. The number of nitrogens with zero attached hydrogens (tertiary/aromatic N) is 4. The minimum atomic E-state index is -0.0683. The molecule has 0 spiro atoms. The fraction of sp³-hybridized carbons (Fsp3) is 0.188. The summed E-state index contributed by atoms with van der Waals surface area (Å²) in [5.74, 6) is 6.82. The summed E-state index contributed by atoms with van der Waals surface area (Å²) in [6, 6.07) is 3.78. The molecule has 0 unspecified atom stereocenters. The van der Waals surface area contributed by atoms with E-state index in [1.165, 1.54) is 0 Å². The van der Waals surface area contributed by atoms with Gasteiger partial charge in [-0.3, -0.25) is 9.38 Å². The Morgan fingerprint density at radius 2 is 2.09 bits per heavy atom. The van der Waals surface area contributed by atoms with Crippen LogP contribution >= 0.6 is 15.9 Å². The van der Waals surface area contributed by atoms with Gasteiger partial charge in [0, 0.05) is 35.7 Å². The molecule has 22 heavy (non-hydrogen) atoms. The van der Waals surface area contributed by atoms with Gasteiger partial charge in [-0.05, 0) is 40.9 Å². The average molecular weight is 357 g/mol. The maximum atomic E-state index is 5.28. The van der Waals surface area contributed by atoms with Gasteiger partial charge < -0.3 is 4.74 Å². The molecule has 0 radical (unpaired) electrons. The minimum Gasteiger partial charge on any atom is -0.375 e. The van der Waals surface area contributed by atoms with Crippen LogP contribution in [0.2, 0.25) is 0 Å². The minimum absolute atomic E-state index is 0.0683. The molecule has 3 aromatic heterocycles. The average Bonchev–Trinajstić information content (AvgIpc) is 2.95. The first-order valence-corrected chi connectivity index (χ1v) is 7.46. The van der Waals surface area contributed by atoms with Crippen molar-refractivity contribution >= 4 is 21.7 Å². The first-order valence-electron chi connectivity index (χ1n) is 6.67. The van der Waals surface area contributed by atoms with Crippen LogP contribution in [0.1, 0.15) is 30.0 Å². The molecular weight excluding hydrogens is 344 g/mol. The molecule has 0 aliphatic rings. The second-order valence-electron chi connectivity index (χ2n) is 4.65. The van der Waals surface area contributed by atoms with Gasteiger partial charge in [-0.2, -0.15) is 0 Å². The molecule has 0 fully saturated rings. The van der Waals surface area contributed by atoms with Gasteiger partial charge in [0.1, 0.15) is 5.69 Å². The lowest BCUT2D eigenvalue weighted by Crippen LogP contribution is -2.00. The Kier molecular flexibility index (Phi) is 4.18. The molecule has 0 aliphatic carbocycles. The fourth-order valence-corrected chi connectivity index (χ4v) is 2.66. The number of methoxy groups -OCH3 is 1. The second-order valence-corrected chi connectivity index (χ2v) is 5.51. The highest BCUT2D eigenvalue weighted by atomic mass is 79.9. The number of fused-ring (bicyclic) bond motifs is 1. The molecule has 0 N–H and O–H groups in total. The summed E-state index contributed by atoms with van der Waals surface area (Å²) >= 11 is 3.51. The van der Waals surface area contributed by atoms with E-state index in [4.69, 9.17) is 4.74 Å². The van der Waals surface area contributed by atoms with Crippen LogP contribution in [-0.4, -0.2) is 26.5 Å². The number of aromatic nitrogens is 4. The lowest BCUT2D eigenvalue weighted by atomic mass is 10.2. The van der Waals surface area contributed by atoms with E-state index in [9.17, 15) is 0 Å². The molecule has 0 saturated heterocycles. The first-order chi connectivity index (χ1) is 10.7. The van der Waals surface area contributed by atoms with Crippen molar-refractivity contribution < 1.29 is 4.74 Å². The summed E-state index contributed by atoms with van der Waals surface area (Å²) in [4.78, 5) is 12.8. The van der Waals surface area contributed by atoms with E-state index in [0.717, 1.165) is 21.4 Å². The first kappa shape index (κ1) is 14.7. The zero-order chi connectivity index (χ0) is 15.5. The van der Waals surface area contributed by atoms with Crippen molar-refractivity contribution in [3.8, 4) is 11.8 Å². The van der Waals surface area contributed by atoms with Crippen LogP contribution < -0.4 is 0 Å². The largest absolute Gasteiger partial charge is 0.375 e. The van der Waals surface area contributed by atoms with Gasteiger partial charge in [0.15, 0.2) is 0 Å². The highest BCUT2D eigenvalue weighted by molar-refractivity contribution is 9.10. The van der Waals surface area contributed by atoms with Crippen LogP contribution in [0.15, 0.2) is 41.4 Å². The summed E-state index contributed by atoms with van der Waals surface area (Å²) in [6.45, 7) is 1.95. The van der Waals surface area contributed by atoms with Gasteiger partial charge >= 0.3 is 0 Å². The van der Waals surface area contributed by atoms with E-state index in [-0.39, 0.29) is 6.10 Å². The maximum Gasteiger partial charge on any atom is 0.234 e. The van der Waals surface area contributed by atoms with E-state index in [1.807, 2.05) is 29.7 Å². The Balaban J connectivity index is 1.93. The lowest BCUT2D eigenvalue weighted by molar-refractivity contribution is 0.115. The molecule has 0 amide bonds. The molecule has 6 heteroatoms. The van der Waals surface area contributed by atoms with Crippen molar-refractivity contribution in [2.45, 2.75) is 13.0 Å². The number of halogens is 1. The van der Waals surface area contributed by atoms with Crippen molar-refractivity contribution in [3.63, 3.8) is 0 Å². The Morgan fingerprint density at radius 1 is 1.23 bits per heavy atom. The predicted molar refractivity (Wildman–Crippen MR) is 86.3 cm³/mol. The van der Waals surface area contributed by atoms with Crippen molar-refractivity contribution in [3.05, 3.63) is 58.3 Å². The van der Waals surface area contributed by atoms with Crippen molar-refractivity contribution in [2.75, 3.05) is 7.11 Å². The third-order valence-electron chi connectivity index (χ3n) is 3.23. The van der Waals surface area contributed by atoms with E-state index in [1.54, 1.807) is 25.7 Å². The molecule has 1 atom stereocenters. The van der Waals surface area contributed by atoms with Gasteiger partial charge in [0.25, 0.3) is 0 Å². The maximum absolute atomic E-state index is 5.28. The highest BCUT2D eigenvalue weighted by Gasteiger charge is 2.10. The van der Waals surface area contributed by atoms with E-state index >= 15 is 0 Å².